The molecule has 0 spiro atoms. The molecule has 0 saturated carbocycles. The Kier molecular flexibility index (Phi) is 4.06. The Balaban J connectivity index is 1.97. The minimum Gasteiger partial charge on any atom is -0.366 e. The van der Waals surface area contributed by atoms with E-state index < -0.39 is 5.91 Å². The normalized spacial score (nSPS) is 15.3. The summed E-state index contributed by atoms with van der Waals surface area (Å²) in [6.45, 7) is 4.06. The van der Waals surface area contributed by atoms with Crippen molar-refractivity contribution in [1.29, 1.82) is 0 Å². The summed E-state index contributed by atoms with van der Waals surface area (Å²) in [7, 11) is 0. The summed E-state index contributed by atoms with van der Waals surface area (Å²) in [6.07, 6.45) is 0.961. The molecule has 24 heavy (non-hydrogen) atoms. The van der Waals surface area contributed by atoms with E-state index in [9.17, 15) is 9.59 Å². The van der Waals surface area contributed by atoms with Crippen LogP contribution in [0.4, 0.5) is 0 Å². The number of carbonyl (C=O) groups excluding carboxylic acids is 2. The van der Waals surface area contributed by atoms with Crippen molar-refractivity contribution in [3.05, 3.63) is 70.8 Å². The Bertz CT molecular complexity index is 836. The Morgan fingerprint density at radius 3 is 2.46 bits per heavy atom. The van der Waals surface area contributed by atoms with Gasteiger partial charge in [-0.1, -0.05) is 36.4 Å². The van der Waals surface area contributed by atoms with Gasteiger partial charge in [0.05, 0.1) is 17.7 Å². The van der Waals surface area contributed by atoms with E-state index in [2.05, 4.69) is 0 Å². The van der Waals surface area contributed by atoms with E-state index in [0.717, 1.165) is 16.8 Å². The zero-order valence-corrected chi connectivity index (χ0v) is 13.9. The molecule has 4 heteroatoms. The second kappa shape index (κ2) is 6.04. The number of aliphatic imine (C=N–C) groups is 1. The fourth-order valence-corrected chi connectivity index (χ4v) is 3.12. The summed E-state index contributed by atoms with van der Waals surface area (Å²) >= 11 is 0. The molecule has 1 aliphatic rings. The molecule has 1 aliphatic heterocycles. The highest BCUT2D eigenvalue weighted by molar-refractivity contribution is 6.17. The van der Waals surface area contributed by atoms with Gasteiger partial charge < -0.3 is 5.73 Å². The zero-order chi connectivity index (χ0) is 17.3. The number of Topliss-reactive ketones (excluding diaryl/α,β-unsaturated/α-hetero) is 1. The van der Waals surface area contributed by atoms with E-state index in [4.69, 9.17) is 10.7 Å². The molecule has 122 valence electrons. The first-order valence-electron chi connectivity index (χ1n) is 7.96. The van der Waals surface area contributed by atoms with Crippen molar-refractivity contribution >= 4 is 17.4 Å². The van der Waals surface area contributed by atoms with Crippen molar-refractivity contribution in [1.82, 2.24) is 0 Å². The SMILES string of the molecule is CC1(C)Cc2cc(C(N)=O)ccc2C(CC(=O)c2ccccc2)=N1. The minimum atomic E-state index is -0.444. The van der Waals surface area contributed by atoms with Crippen LogP contribution in [0.15, 0.2) is 53.5 Å². The summed E-state index contributed by atoms with van der Waals surface area (Å²) in [6, 6.07) is 14.6. The molecule has 0 aliphatic carbocycles. The van der Waals surface area contributed by atoms with Crippen LogP contribution in [0, 0.1) is 0 Å². The molecule has 2 aromatic carbocycles. The van der Waals surface area contributed by atoms with Crippen LogP contribution < -0.4 is 5.73 Å². The highest BCUT2D eigenvalue weighted by atomic mass is 16.1. The van der Waals surface area contributed by atoms with E-state index in [1.165, 1.54) is 0 Å². The Morgan fingerprint density at radius 2 is 1.79 bits per heavy atom. The van der Waals surface area contributed by atoms with Crippen molar-refractivity contribution in [2.24, 2.45) is 10.7 Å². The average Bonchev–Trinajstić information content (AvgIpc) is 2.54. The predicted octanol–water partition coefficient (Wildman–Crippen LogP) is 3.18. The summed E-state index contributed by atoms with van der Waals surface area (Å²) < 4.78 is 0. The number of ketones is 1. The van der Waals surface area contributed by atoms with E-state index in [1.807, 2.05) is 56.3 Å². The van der Waals surface area contributed by atoms with Crippen LogP contribution in [0.25, 0.3) is 0 Å². The first kappa shape index (κ1) is 16.1. The molecule has 2 aromatic rings. The second-order valence-electron chi connectivity index (χ2n) is 6.75. The second-order valence-corrected chi connectivity index (χ2v) is 6.75. The number of rotatable bonds is 4. The van der Waals surface area contributed by atoms with Gasteiger partial charge in [-0.15, -0.1) is 0 Å². The van der Waals surface area contributed by atoms with Gasteiger partial charge in [-0.05, 0) is 43.5 Å². The minimum absolute atomic E-state index is 0.0389. The van der Waals surface area contributed by atoms with E-state index in [1.54, 1.807) is 6.07 Å². The molecule has 0 aromatic heterocycles. The summed E-state index contributed by atoms with van der Waals surface area (Å²) in [5.41, 5.74) is 8.96. The maximum atomic E-state index is 12.6. The molecule has 2 N–H and O–H groups in total. The van der Waals surface area contributed by atoms with Gasteiger partial charge in [0.1, 0.15) is 0 Å². The summed E-state index contributed by atoms with van der Waals surface area (Å²) in [4.78, 5) is 28.8. The van der Waals surface area contributed by atoms with E-state index in [-0.39, 0.29) is 17.7 Å². The van der Waals surface area contributed by atoms with E-state index in [0.29, 0.717) is 17.5 Å². The van der Waals surface area contributed by atoms with Crippen molar-refractivity contribution in [3.8, 4) is 0 Å². The van der Waals surface area contributed by atoms with Crippen LogP contribution >= 0.6 is 0 Å². The number of hydrogen-bond acceptors (Lipinski definition) is 3. The molecule has 4 nitrogen and oxygen atoms in total. The highest BCUT2D eigenvalue weighted by Gasteiger charge is 2.28. The number of hydrogen-bond donors (Lipinski definition) is 1. The zero-order valence-electron chi connectivity index (χ0n) is 13.9. The maximum absolute atomic E-state index is 12.6. The van der Waals surface area contributed by atoms with Crippen molar-refractivity contribution in [2.75, 3.05) is 0 Å². The van der Waals surface area contributed by atoms with E-state index >= 15 is 0 Å². The molecule has 1 heterocycles. The Hall–Kier alpha value is -2.75. The van der Waals surface area contributed by atoms with Crippen molar-refractivity contribution < 1.29 is 9.59 Å². The van der Waals surface area contributed by atoms with Gasteiger partial charge in [0.2, 0.25) is 5.91 Å². The van der Waals surface area contributed by atoms with Gasteiger partial charge in [0, 0.05) is 11.1 Å². The highest BCUT2D eigenvalue weighted by Crippen LogP contribution is 2.29. The monoisotopic (exact) mass is 320 g/mol. The lowest BCUT2D eigenvalue weighted by Crippen LogP contribution is -2.30. The Morgan fingerprint density at radius 1 is 1.08 bits per heavy atom. The number of fused-ring (bicyclic) bond motifs is 1. The van der Waals surface area contributed by atoms with Crippen LogP contribution in [0.3, 0.4) is 0 Å². The van der Waals surface area contributed by atoms with Crippen LogP contribution in [-0.2, 0) is 6.42 Å². The smallest absolute Gasteiger partial charge is 0.248 e. The summed E-state index contributed by atoms with van der Waals surface area (Å²) in [5, 5.41) is 0. The van der Waals surface area contributed by atoms with Gasteiger partial charge >= 0.3 is 0 Å². The molecule has 0 radical (unpaired) electrons. The topological polar surface area (TPSA) is 72.5 Å². The molecule has 0 unspecified atom stereocenters. The average molecular weight is 320 g/mol. The Labute approximate surface area is 141 Å². The molecule has 3 rings (SSSR count). The number of primary amides is 1. The predicted molar refractivity (Wildman–Crippen MR) is 94.7 cm³/mol. The fourth-order valence-electron chi connectivity index (χ4n) is 3.12. The first-order valence-corrected chi connectivity index (χ1v) is 7.96. The molecule has 0 atom stereocenters. The number of amides is 1. The van der Waals surface area contributed by atoms with Crippen molar-refractivity contribution in [2.45, 2.75) is 32.2 Å². The maximum Gasteiger partial charge on any atom is 0.248 e. The largest absolute Gasteiger partial charge is 0.366 e. The number of nitrogens with two attached hydrogens (primary N) is 1. The van der Waals surface area contributed by atoms with Crippen LogP contribution in [0.1, 0.15) is 52.1 Å². The van der Waals surface area contributed by atoms with Gasteiger partial charge in [-0.2, -0.15) is 0 Å². The molecule has 0 fully saturated rings. The van der Waals surface area contributed by atoms with Crippen LogP contribution in [0.2, 0.25) is 0 Å². The molecule has 0 bridgehead atoms. The van der Waals surface area contributed by atoms with Crippen LogP contribution in [0.5, 0.6) is 0 Å². The first-order chi connectivity index (χ1) is 11.4. The molecular formula is C20H20N2O2. The third-order valence-corrected chi connectivity index (χ3v) is 4.19. The summed E-state index contributed by atoms with van der Waals surface area (Å²) in [5.74, 6) is -0.406. The lowest BCUT2D eigenvalue weighted by Gasteiger charge is -2.29. The quantitative estimate of drug-likeness (QED) is 0.879. The fraction of sp³-hybridized carbons (Fsp3) is 0.250. The van der Waals surface area contributed by atoms with Crippen LogP contribution in [-0.4, -0.2) is 22.9 Å². The lowest BCUT2D eigenvalue weighted by molar-refractivity contribution is 0.0991. The molecular weight excluding hydrogens is 300 g/mol. The lowest BCUT2D eigenvalue weighted by atomic mass is 9.84. The number of nitrogens with zero attached hydrogens (tertiary/aromatic N) is 1. The van der Waals surface area contributed by atoms with Gasteiger partial charge in [0.25, 0.3) is 0 Å². The van der Waals surface area contributed by atoms with Gasteiger partial charge in [0.15, 0.2) is 5.78 Å². The standard InChI is InChI=1S/C20H20N2O2/c1-20(2)12-15-10-14(19(21)24)8-9-16(15)17(22-20)11-18(23)13-6-4-3-5-7-13/h3-10H,11-12H2,1-2H3,(H2,21,24). The third kappa shape index (κ3) is 3.27. The third-order valence-electron chi connectivity index (χ3n) is 4.19. The number of carbonyl (C=O) groups is 2. The van der Waals surface area contributed by atoms with Gasteiger partial charge in [-0.3, -0.25) is 14.6 Å². The number of benzene rings is 2. The van der Waals surface area contributed by atoms with Gasteiger partial charge in [-0.25, -0.2) is 0 Å². The molecule has 0 saturated heterocycles. The van der Waals surface area contributed by atoms with Crippen molar-refractivity contribution in [3.63, 3.8) is 0 Å². The molecule has 1 amide bonds.